The van der Waals surface area contributed by atoms with Gasteiger partial charge in [-0.25, -0.2) is 9.18 Å². The summed E-state index contributed by atoms with van der Waals surface area (Å²) in [5.74, 6) is -1.47. The minimum atomic E-state index is -0.562. The third-order valence-electron chi connectivity index (χ3n) is 4.25. The van der Waals surface area contributed by atoms with Crippen molar-refractivity contribution in [2.45, 2.75) is 18.8 Å². The van der Waals surface area contributed by atoms with Gasteiger partial charge in [0.05, 0.1) is 17.2 Å². The average Bonchev–Trinajstić information content (AvgIpc) is 2.96. The maximum Gasteiger partial charge on any atom is 0.336 e. The molecule has 126 valence electrons. The number of hydrogen-bond acceptors (Lipinski definition) is 4. The maximum atomic E-state index is 13.6. The summed E-state index contributed by atoms with van der Waals surface area (Å²) in [4.78, 5) is 24.8. The lowest BCUT2D eigenvalue weighted by atomic mass is 9.80. The SMILES string of the molecule is COC(=O)C1=C(CBr)NC2=C(C(=O)CC2)[C@@H]1c1ccc(F)c(Br)c1. The number of allylic oxidation sites excluding steroid dienone is 3. The molecule has 1 aromatic carbocycles. The van der Waals surface area contributed by atoms with Crippen LogP contribution in [-0.4, -0.2) is 24.2 Å². The van der Waals surface area contributed by atoms with Gasteiger partial charge in [0.25, 0.3) is 0 Å². The van der Waals surface area contributed by atoms with Crippen LogP contribution in [0.2, 0.25) is 0 Å². The van der Waals surface area contributed by atoms with Gasteiger partial charge in [0.2, 0.25) is 0 Å². The number of ether oxygens (including phenoxy) is 1. The number of halogens is 3. The molecule has 2 aliphatic rings. The van der Waals surface area contributed by atoms with Crippen molar-refractivity contribution in [1.82, 2.24) is 5.32 Å². The number of methoxy groups -OCH3 is 1. The second kappa shape index (κ2) is 6.80. The molecule has 0 radical (unpaired) electrons. The van der Waals surface area contributed by atoms with Crippen LogP contribution < -0.4 is 5.32 Å². The number of benzene rings is 1. The second-order valence-corrected chi connectivity index (χ2v) is 6.98. The Morgan fingerprint density at radius 1 is 1.42 bits per heavy atom. The molecule has 0 amide bonds. The zero-order valence-electron chi connectivity index (χ0n) is 12.8. The highest BCUT2D eigenvalue weighted by Gasteiger charge is 2.40. The van der Waals surface area contributed by atoms with Crippen LogP contribution in [0.3, 0.4) is 0 Å². The summed E-state index contributed by atoms with van der Waals surface area (Å²) in [7, 11) is 1.30. The van der Waals surface area contributed by atoms with Crippen LogP contribution in [0.1, 0.15) is 24.3 Å². The second-order valence-electron chi connectivity index (χ2n) is 5.56. The Kier molecular flexibility index (Phi) is 4.92. The monoisotopic (exact) mass is 457 g/mol. The lowest BCUT2D eigenvalue weighted by Crippen LogP contribution is -2.31. The lowest BCUT2D eigenvalue weighted by molar-refractivity contribution is -0.136. The van der Waals surface area contributed by atoms with Crippen molar-refractivity contribution in [3.63, 3.8) is 0 Å². The third-order valence-corrected chi connectivity index (χ3v) is 5.42. The predicted octanol–water partition coefficient (Wildman–Crippen LogP) is 3.71. The van der Waals surface area contributed by atoms with Crippen molar-refractivity contribution < 1.29 is 18.7 Å². The molecule has 0 spiro atoms. The molecular weight excluding hydrogens is 445 g/mol. The Hall–Kier alpha value is -1.47. The number of esters is 1. The third kappa shape index (κ3) is 2.84. The molecule has 1 aliphatic heterocycles. The van der Waals surface area contributed by atoms with E-state index in [0.717, 1.165) is 5.70 Å². The first kappa shape index (κ1) is 17.4. The fourth-order valence-electron chi connectivity index (χ4n) is 3.19. The summed E-state index contributed by atoms with van der Waals surface area (Å²) in [5, 5.41) is 3.61. The molecule has 0 saturated carbocycles. The Morgan fingerprint density at radius 3 is 2.79 bits per heavy atom. The summed E-state index contributed by atoms with van der Waals surface area (Å²) in [6.45, 7) is 0. The van der Waals surface area contributed by atoms with Crippen LogP contribution in [0.4, 0.5) is 4.39 Å². The molecule has 0 bridgehead atoms. The molecule has 1 atom stereocenters. The number of carbonyl (C=O) groups excluding carboxylic acids is 2. The molecule has 1 N–H and O–H groups in total. The molecule has 1 aliphatic carbocycles. The molecule has 0 unspecified atom stereocenters. The van der Waals surface area contributed by atoms with Crippen LogP contribution in [0.15, 0.2) is 45.2 Å². The van der Waals surface area contributed by atoms with Crippen molar-refractivity contribution in [3.05, 3.63) is 56.6 Å². The molecular formula is C17H14Br2FNO3. The van der Waals surface area contributed by atoms with Gasteiger partial charge in [-0.3, -0.25) is 4.79 Å². The minimum absolute atomic E-state index is 0.00188. The Morgan fingerprint density at radius 2 is 2.17 bits per heavy atom. The minimum Gasteiger partial charge on any atom is -0.466 e. The van der Waals surface area contributed by atoms with Crippen LogP contribution in [-0.2, 0) is 14.3 Å². The highest BCUT2D eigenvalue weighted by atomic mass is 79.9. The molecule has 1 aromatic rings. The van der Waals surface area contributed by atoms with Crippen LogP contribution in [0, 0.1) is 5.82 Å². The van der Waals surface area contributed by atoms with Gasteiger partial charge in [-0.2, -0.15) is 0 Å². The van der Waals surface area contributed by atoms with Gasteiger partial charge in [-0.15, -0.1) is 0 Å². The van der Waals surface area contributed by atoms with Crippen molar-refractivity contribution in [2.24, 2.45) is 0 Å². The van der Waals surface area contributed by atoms with Gasteiger partial charge < -0.3 is 10.1 Å². The fraction of sp³-hybridized carbons (Fsp3) is 0.294. The average molecular weight is 459 g/mol. The molecule has 3 rings (SSSR count). The van der Waals surface area contributed by atoms with Crippen molar-refractivity contribution >= 4 is 43.6 Å². The van der Waals surface area contributed by atoms with Gasteiger partial charge in [-0.1, -0.05) is 22.0 Å². The zero-order chi connectivity index (χ0) is 17.4. The van der Waals surface area contributed by atoms with Gasteiger partial charge in [0.15, 0.2) is 5.78 Å². The number of alkyl halides is 1. The summed E-state index contributed by atoms with van der Waals surface area (Å²) in [6.07, 6.45) is 1.01. The van der Waals surface area contributed by atoms with E-state index in [1.54, 1.807) is 12.1 Å². The normalized spacial score (nSPS) is 20.2. The predicted molar refractivity (Wildman–Crippen MR) is 94.1 cm³/mol. The van der Waals surface area contributed by atoms with Gasteiger partial charge in [0, 0.05) is 34.6 Å². The van der Waals surface area contributed by atoms with E-state index in [0.29, 0.717) is 40.6 Å². The van der Waals surface area contributed by atoms with E-state index in [1.165, 1.54) is 13.2 Å². The number of carbonyl (C=O) groups is 2. The molecule has 24 heavy (non-hydrogen) atoms. The van der Waals surface area contributed by atoms with Crippen LogP contribution in [0.5, 0.6) is 0 Å². The van der Waals surface area contributed by atoms with Crippen LogP contribution in [0.25, 0.3) is 0 Å². The smallest absolute Gasteiger partial charge is 0.336 e. The molecule has 1 heterocycles. The van der Waals surface area contributed by atoms with E-state index in [4.69, 9.17) is 4.74 Å². The van der Waals surface area contributed by atoms with E-state index < -0.39 is 17.7 Å². The topological polar surface area (TPSA) is 55.4 Å². The highest BCUT2D eigenvalue weighted by molar-refractivity contribution is 9.10. The first-order valence-corrected chi connectivity index (χ1v) is 9.25. The number of hydrogen-bond donors (Lipinski definition) is 1. The molecule has 7 heteroatoms. The summed E-state index contributed by atoms with van der Waals surface area (Å²) in [6, 6.07) is 4.53. The number of dihydropyridines is 1. The highest BCUT2D eigenvalue weighted by Crippen LogP contribution is 2.44. The summed E-state index contributed by atoms with van der Waals surface area (Å²) < 4.78 is 18.8. The number of Topliss-reactive ketones (excluding diaryl/α,β-unsaturated/α-hetero) is 1. The first-order valence-electron chi connectivity index (χ1n) is 7.33. The number of ketones is 1. The Labute approximate surface area is 155 Å². The van der Waals surface area contributed by atoms with Gasteiger partial charge >= 0.3 is 5.97 Å². The van der Waals surface area contributed by atoms with Crippen molar-refractivity contribution in [2.75, 3.05) is 12.4 Å². The molecule has 0 aromatic heterocycles. The van der Waals surface area contributed by atoms with Gasteiger partial charge in [0.1, 0.15) is 5.82 Å². The van der Waals surface area contributed by atoms with Crippen LogP contribution >= 0.6 is 31.9 Å². The Bertz CT molecular complexity index is 801. The standard InChI is InChI=1S/C17H14Br2FNO3/c1-24-17(23)16-12(7-18)21-11-4-5-13(22)15(11)14(16)8-2-3-10(20)9(19)6-8/h2-3,6,14,21H,4-5,7H2,1H3/t14-/m0/s1. The number of nitrogens with one attached hydrogen (secondary N) is 1. The van der Waals surface area contributed by atoms with E-state index >= 15 is 0 Å². The van der Waals surface area contributed by atoms with E-state index in [-0.39, 0.29) is 10.3 Å². The molecule has 0 saturated heterocycles. The van der Waals surface area contributed by atoms with E-state index in [2.05, 4.69) is 37.2 Å². The summed E-state index contributed by atoms with van der Waals surface area (Å²) >= 11 is 6.56. The quantitative estimate of drug-likeness (QED) is 0.554. The largest absolute Gasteiger partial charge is 0.466 e. The maximum absolute atomic E-state index is 13.6. The van der Waals surface area contributed by atoms with Crippen molar-refractivity contribution in [3.8, 4) is 0 Å². The molecule has 4 nitrogen and oxygen atoms in total. The zero-order valence-corrected chi connectivity index (χ0v) is 16.0. The van der Waals surface area contributed by atoms with E-state index in [1.807, 2.05) is 0 Å². The first-order chi connectivity index (χ1) is 11.5. The van der Waals surface area contributed by atoms with Gasteiger partial charge in [-0.05, 0) is 40.0 Å². The lowest BCUT2D eigenvalue weighted by Gasteiger charge is -2.29. The molecule has 0 fully saturated rings. The number of rotatable bonds is 3. The Balaban J connectivity index is 2.22. The fourth-order valence-corrected chi connectivity index (χ4v) is 4.03. The van der Waals surface area contributed by atoms with E-state index in [9.17, 15) is 14.0 Å². The summed E-state index contributed by atoms with van der Waals surface area (Å²) in [5.41, 5.74) is 3.11. The van der Waals surface area contributed by atoms with Crippen molar-refractivity contribution in [1.29, 1.82) is 0 Å².